The highest BCUT2D eigenvalue weighted by atomic mass is 19.4. The first-order chi connectivity index (χ1) is 19.1. The molecule has 1 saturated heterocycles. The molecule has 1 aliphatic heterocycles. The van der Waals surface area contributed by atoms with Crippen LogP contribution < -0.4 is 21.5 Å². The summed E-state index contributed by atoms with van der Waals surface area (Å²) in [7, 11) is 3.35. The van der Waals surface area contributed by atoms with Crippen molar-refractivity contribution in [1.82, 2.24) is 4.90 Å². The predicted molar refractivity (Wildman–Crippen MR) is 157 cm³/mol. The lowest BCUT2D eigenvalue weighted by molar-refractivity contribution is -0.137. The fraction of sp³-hybridized carbons (Fsp3) is 0.344. The molecule has 5 nitrogen and oxygen atoms in total. The van der Waals surface area contributed by atoms with Crippen LogP contribution in [0.4, 0.5) is 18.9 Å². The number of benzene rings is 3. The highest BCUT2D eigenvalue weighted by Gasteiger charge is 2.32. The zero-order valence-electron chi connectivity index (χ0n) is 23.7. The maximum Gasteiger partial charge on any atom is 0.416 e. The zero-order valence-corrected chi connectivity index (χ0v) is 23.7. The number of nitrogens with two attached hydrogens (primary N) is 1. The van der Waals surface area contributed by atoms with Gasteiger partial charge in [-0.05, 0) is 98.1 Å². The average molecular weight is 556 g/mol. The van der Waals surface area contributed by atoms with Crippen molar-refractivity contribution < 1.29 is 24.1 Å². The molecular formula is C32H40F3N3O2. The van der Waals surface area contributed by atoms with Crippen LogP contribution in [-0.4, -0.2) is 38.1 Å². The molecular weight excluding hydrogens is 515 g/mol. The number of halogens is 3. The van der Waals surface area contributed by atoms with Crippen molar-refractivity contribution in [3.8, 4) is 0 Å². The van der Waals surface area contributed by atoms with Crippen molar-refractivity contribution in [2.45, 2.75) is 45.7 Å². The number of methoxy groups -OCH3 is 1. The van der Waals surface area contributed by atoms with E-state index in [0.29, 0.717) is 22.0 Å². The Morgan fingerprint density at radius 3 is 2.12 bits per heavy atom. The maximum atomic E-state index is 13.8. The number of ether oxygens (including phenoxy) is 1. The molecule has 216 valence electrons. The van der Waals surface area contributed by atoms with Crippen LogP contribution in [0.2, 0.25) is 0 Å². The summed E-state index contributed by atoms with van der Waals surface area (Å²) in [4.78, 5) is 14.0. The summed E-state index contributed by atoms with van der Waals surface area (Å²) in [6.07, 6.45) is -2.85. The highest BCUT2D eigenvalue weighted by Crippen LogP contribution is 2.36. The number of nitrogens with zero attached hydrogens (tertiary/aromatic N) is 1. The summed E-state index contributed by atoms with van der Waals surface area (Å²) < 4.78 is 46.1. The van der Waals surface area contributed by atoms with Gasteiger partial charge in [-0.1, -0.05) is 50.2 Å². The van der Waals surface area contributed by atoms with Gasteiger partial charge in [0.25, 0.3) is 0 Å². The number of carbonyl (C=O) groups excluding carboxylic acids is 1. The third-order valence-corrected chi connectivity index (χ3v) is 7.11. The van der Waals surface area contributed by atoms with Crippen LogP contribution in [0.25, 0.3) is 11.4 Å². The first kappa shape index (κ1) is 30.8. The summed E-state index contributed by atoms with van der Waals surface area (Å²) >= 11 is 0. The van der Waals surface area contributed by atoms with Crippen molar-refractivity contribution in [1.29, 1.82) is 0 Å². The van der Waals surface area contributed by atoms with E-state index in [-0.39, 0.29) is 13.2 Å². The summed E-state index contributed by atoms with van der Waals surface area (Å²) in [6, 6.07) is 18.6. The van der Waals surface area contributed by atoms with Gasteiger partial charge in [-0.15, -0.1) is 0 Å². The SMILES string of the molecule is CC.COC(=O)c1ccc(/C(C)=c2\cccc\c2=C(\N)Nc2cc(C3CCN(C)CC3)cc(C(F)(F)F)c2)cc1.[HH]. The van der Waals surface area contributed by atoms with Gasteiger partial charge in [-0.25, -0.2) is 4.79 Å². The lowest BCUT2D eigenvalue weighted by Gasteiger charge is -2.30. The Morgan fingerprint density at radius 1 is 0.975 bits per heavy atom. The Kier molecular flexibility index (Phi) is 10.4. The van der Waals surface area contributed by atoms with Crippen LogP contribution in [0.5, 0.6) is 0 Å². The second-order valence-electron chi connectivity index (χ2n) is 9.70. The van der Waals surface area contributed by atoms with Gasteiger partial charge in [0, 0.05) is 12.3 Å². The number of carbonyl (C=O) groups is 1. The lowest BCUT2D eigenvalue weighted by atomic mass is 9.88. The maximum absolute atomic E-state index is 13.8. The Morgan fingerprint density at radius 2 is 1.55 bits per heavy atom. The fourth-order valence-electron chi connectivity index (χ4n) is 4.86. The van der Waals surface area contributed by atoms with Crippen molar-refractivity contribution in [3.05, 3.63) is 99.4 Å². The molecule has 4 rings (SSSR count). The highest BCUT2D eigenvalue weighted by molar-refractivity contribution is 5.89. The Labute approximate surface area is 235 Å². The third kappa shape index (κ3) is 7.45. The smallest absolute Gasteiger partial charge is 0.416 e. The van der Waals surface area contributed by atoms with Crippen LogP contribution in [-0.2, 0) is 10.9 Å². The minimum atomic E-state index is -4.47. The lowest BCUT2D eigenvalue weighted by Crippen LogP contribution is -2.34. The second-order valence-corrected chi connectivity index (χ2v) is 9.70. The molecule has 0 atom stereocenters. The molecule has 0 radical (unpaired) electrons. The first-order valence-electron chi connectivity index (χ1n) is 13.5. The number of likely N-dealkylation sites (tertiary alicyclic amines) is 1. The van der Waals surface area contributed by atoms with E-state index < -0.39 is 17.7 Å². The molecule has 1 heterocycles. The Balaban J connectivity index is 0.00000192. The van der Waals surface area contributed by atoms with E-state index in [0.717, 1.165) is 48.4 Å². The van der Waals surface area contributed by atoms with Gasteiger partial charge in [0.15, 0.2) is 0 Å². The topological polar surface area (TPSA) is 67.6 Å². The molecule has 0 aliphatic carbocycles. The molecule has 3 aromatic rings. The molecule has 1 aliphatic rings. The number of rotatable bonds is 5. The summed E-state index contributed by atoms with van der Waals surface area (Å²) in [6.45, 7) is 7.63. The monoisotopic (exact) mass is 555 g/mol. The number of piperidine rings is 1. The van der Waals surface area contributed by atoms with E-state index >= 15 is 0 Å². The molecule has 0 aromatic heterocycles. The number of anilines is 1. The molecule has 3 aromatic carbocycles. The van der Waals surface area contributed by atoms with Crippen LogP contribution in [0.15, 0.2) is 66.7 Å². The van der Waals surface area contributed by atoms with Crippen molar-refractivity contribution >= 4 is 23.1 Å². The molecule has 0 bridgehead atoms. The van der Waals surface area contributed by atoms with Gasteiger partial charge < -0.3 is 20.7 Å². The molecule has 1 fully saturated rings. The zero-order chi connectivity index (χ0) is 29.4. The van der Waals surface area contributed by atoms with E-state index in [1.54, 1.807) is 18.2 Å². The van der Waals surface area contributed by atoms with Gasteiger partial charge in [-0.2, -0.15) is 13.2 Å². The Bertz CT molecular complexity index is 1430. The van der Waals surface area contributed by atoms with Gasteiger partial charge >= 0.3 is 12.1 Å². The molecule has 0 amide bonds. The Hall–Kier alpha value is -3.78. The standard InChI is InChI=1S/C30H32F3N3O2.C2H6.H2/c1-19(20-8-10-22(11-9-20)29(37)38-3)26-6-4-5-7-27(26)28(34)35-25-17-23(16-24(18-25)30(31,32)33)21-12-14-36(2)15-13-21;1-2;/h4-11,16-18,21,35H,12-15,34H2,1-3H3;1-2H3;1H/b26-19+,28-27+;;. The van der Waals surface area contributed by atoms with Crippen molar-refractivity contribution in [2.75, 3.05) is 32.6 Å². The second kappa shape index (κ2) is 13.5. The number of hydrogen-bond acceptors (Lipinski definition) is 5. The summed E-state index contributed by atoms with van der Waals surface area (Å²) in [5.41, 5.74) is 8.98. The van der Waals surface area contributed by atoms with Gasteiger partial charge in [0.2, 0.25) is 0 Å². The van der Waals surface area contributed by atoms with E-state index in [4.69, 9.17) is 10.5 Å². The van der Waals surface area contributed by atoms with Crippen molar-refractivity contribution in [3.63, 3.8) is 0 Å². The molecule has 8 heteroatoms. The van der Waals surface area contributed by atoms with E-state index in [1.165, 1.54) is 13.2 Å². The largest absolute Gasteiger partial charge is 0.465 e. The number of alkyl halides is 3. The molecule has 3 N–H and O–H groups in total. The van der Waals surface area contributed by atoms with E-state index in [9.17, 15) is 18.0 Å². The number of nitrogens with one attached hydrogen (secondary N) is 1. The van der Waals surface area contributed by atoms with Crippen LogP contribution in [0.3, 0.4) is 0 Å². The van der Waals surface area contributed by atoms with E-state index in [1.807, 2.05) is 64.2 Å². The molecule has 0 spiro atoms. The van der Waals surface area contributed by atoms with Crippen molar-refractivity contribution in [2.24, 2.45) is 5.73 Å². The van der Waals surface area contributed by atoms with Gasteiger partial charge in [0.1, 0.15) is 5.82 Å². The van der Waals surface area contributed by atoms with E-state index in [2.05, 4.69) is 10.2 Å². The quantitative estimate of drug-likeness (QED) is 0.382. The normalized spacial score (nSPS) is 15.9. The van der Waals surface area contributed by atoms with Gasteiger partial charge in [0.05, 0.1) is 18.2 Å². The fourth-order valence-corrected chi connectivity index (χ4v) is 4.86. The third-order valence-electron chi connectivity index (χ3n) is 7.11. The van der Waals surface area contributed by atoms with Crippen LogP contribution >= 0.6 is 0 Å². The predicted octanol–water partition coefficient (Wildman–Crippen LogP) is 5.93. The molecule has 40 heavy (non-hydrogen) atoms. The number of hydrogen-bond donors (Lipinski definition) is 2. The molecule has 0 saturated carbocycles. The minimum Gasteiger partial charge on any atom is -0.465 e. The number of esters is 1. The first-order valence-corrected chi connectivity index (χ1v) is 13.5. The average Bonchev–Trinajstić information content (AvgIpc) is 2.97. The molecule has 0 unspecified atom stereocenters. The summed E-state index contributed by atoms with van der Waals surface area (Å²) in [5.74, 6) is -0.108. The van der Waals surface area contributed by atoms with Crippen LogP contribution in [0, 0.1) is 0 Å². The minimum absolute atomic E-state index is 0. The summed E-state index contributed by atoms with van der Waals surface area (Å²) in [5, 5.41) is 4.54. The van der Waals surface area contributed by atoms with Gasteiger partial charge in [-0.3, -0.25) is 0 Å². The van der Waals surface area contributed by atoms with Crippen LogP contribution in [0.1, 0.15) is 68.0 Å².